The molecular formula is C24H20F4N8O2. The van der Waals surface area contributed by atoms with Gasteiger partial charge in [0.2, 0.25) is 5.91 Å². The third kappa shape index (κ3) is 4.48. The third-order valence-corrected chi connectivity index (χ3v) is 6.17. The van der Waals surface area contributed by atoms with Gasteiger partial charge in [0.15, 0.2) is 5.83 Å². The molecule has 4 aromatic heterocycles. The smallest absolute Gasteiger partial charge is 0.358 e. The van der Waals surface area contributed by atoms with Gasteiger partial charge in [-0.15, -0.1) is 0 Å². The number of alkyl halides is 3. The minimum Gasteiger partial charge on any atom is -0.358 e. The molecule has 0 aromatic carbocycles. The van der Waals surface area contributed by atoms with E-state index in [0.29, 0.717) is 33.4 Å². The van der Waals surface area contributed by atoms with E-state index < -0.39 is 23.6 Å². The molecule has 1 fully saturated rings. The Balaban J connectivity index is 1.61. The van der Waals surface area contributed by atoms with Gasteiger partial charge in [0.1, 0.15) is 23.4 Å². The number of hydrogen-bond acceptors (Lipinski definition) is 6. The average Bonchev–Trinajstić information content (AvgIpc) is 3.47. The molecule has 14 heteroatoms. The Kier molecular flexibility index (Phi) is 6.17. The topological polar surface area (TPSA) is 111 Å². The first-order valence-corrected chi connectivity index (χ1v) is 11.3. The third-order valence-electron chi connectivity index (χ3n) is 6.17. The second-order valence-corrected chi connectivity index (χ2v) is 8.65. The van der Waals surface area contributed by atoms with Crippen molar-refractivity contribution in [2.75, 3.05) is 20.1 Å². The molecule has 0 atom stereocenters. The van der Waals surface area contributed by atoms with E-state index in [-0.39, 0.29) is 31.6 Å². The summed E-state index contributed by atoms with van der Waals surface area (Å²) in [6.45, 7) is 3.33. The molecule has 0 unspecified atom stereocenters. The molecule has 196 valence electrons. The van der Waals surface area contributed by atoms with E-state index in [4.69, 9.17) is 0 Å². The molecule has 0 radical (unpaired) electrons. The number of nitrogens with zero attached hydrogens (tertiary/aromatic N) is 7. The highest BCUT2D eigenvalue weighted by atomic mass is 19.4. The van der Waals surface area contributed by atoms with E-state index in [1.165, 1.54) is 28.9 Å². The van der Waals surface area contributed by atoms with E-state index >= 15 is 0 Å². The van der Waals surface area contributed by atoms with Gasteiger partial charge < -0.3 is 10.2 Å². The number of carbonyl (C=O) groups excluding carboxylic acids is 2. The van der Waals surface area contributed by atoms with Crippen LogP contribution in [-0.4, -0.2) is 66.4 Å². The number of pyridine rings is 2. The van der Waals surface area contributed by atoms with Gasteiger partial charge in [-0.05, 0) is 18.2 Å². The first kappa shape index (κ1) is 25.0. The zero-order valence-corrected chi connectivity index (χ0v) is 19.9. The summed E-state index contributed by atoms with van der Waals surface area (Å²) in [7, 11) is 1.51. The standard InChI is InChI=1S/C24H20F4N8O2/c1-13(25)23(38)34-10-16(11-34)36-22-17(15-8-32-35(9-15)12-19(37)29-2)5-6-30-21(22)20(33-36)14-3-4-18(31-7-14)24(26,27)28/h3-9,16H,1,10-12H2,2H3,(H,29,37). The summed E-state index contributed by atoms with van der Waals surface area (Å²) in [5.41, 5.74) is 1.79. The second kappa shape index (κ2) is 9.36. The molecule has 1 aliphatic rings. The summed E-state index contributed by atoms with van der Waals surface area (Å²) < 4.78 is 55.6. The lowest BCUT2D eigenvalue weighted by Gasteiger charge is -2.39. The first-order valence-electron chi connectivity index (χ1n) is 11.3. The minimum atomic E-state index is -4.59. The summed E-state index contributed by atoms with van der Waals surface area (Å²) in [5, 5.41) is 11.4. The fourth-order valence-electron chi connectivity index (χ4n) is 4.22. The van der Waals surface area contributed by atoms with Gasteiger partial charge in [0, 0.05) is 55.4 Å². The quantitative estimate of drug-likeness (QED) is 0.304. The van der Waals surface area contributed by atoms with Gasteiger partial charge in [-0.25, -0.2) is 4.39 Å². The average molecular weight is 528 g/mol. The van der Waals surface area contributed by atoms with Gasteiger partial charge >= 0.3 is 6.18 Å². The molecule has 1 saturated heterocycles. The Hall–Kier alpha value is -4.62. The van der Waals surface area contributed by atoms with E-state index in [1.54, 1.807) is 23.1 Å². The van der Waals surface area contributed by atoms with E-state index in [0.717, 1.165) is 12.3 Å². The van der Waals surface area contributed by atoms with Crippen molar-refractivity contribution in [3.05, 3.63) is 61.1 Å². The summed E-state index contributed by atoms with van der Waals surface area (Å²) in [6, 6.07) is 3.49. The van der Waals surface area contributed by atoms with Gasteiger partial charge in [0.25, 0.3) is 5.91 Å². The molecule has 4 aromatic rings. The first-order chi connectivity index (χ1) is 18.1. The Morgan fingerprint density at radius 1 is 1.13 bits per heavy atom. The fraction of sp³-hybridized carbons (Fsp3) is 0.250. The van der Waals surface area contributed by atoms with Crippen LogP contribution in [0.2, 0.25) is 0 Å². The van der Waals surface area contributed by atoms with Gasteiger partial charge in [-0.1, -0.05) is 6.58 Å². The van der Waals surface area contributed by atoms with Gasteiger partial charge in [0.05, 0.1) is 17.8 Å². The van der Waals surface area contributed by atoms with Crippen molar-refractivity contribution in [1.82, 2.24) is 39.7 Å². The normalized spacial score (nSPS) is 14.0. The van der Waals surface area contributed by atoms with Crippen molar-refractivity contribution < 1.29 is 27.2 Å². The number of carbonyl (C=O) groups is 2. The van der Waals surface area contributed by atoms with Crippen LogP contribution in [0.25, 0.3) is 33.4 Å². The predicted molar refractivity (Wildman–Crippen MR) is 127 cm³/mol. The van der Waals surface area contributed by atoms with Crippen LogP contribution in [0.4, 0.5) is 17.6 Å². The Bertz CT molecular complexity index is 1550. The molecule has 5 heterocycles. The van der Waals surface area contributed by atoms with Crippen molar-refractivity contribution in [2.45, 2.75) is 18.8 Å². The van der Waals surface area contributed by atoms with Crippen LogP contribution >= 0.6 is 0 Å². The Morgan fingerprint density at radius 3 is 2.53 bits per heavy atom. The van der Waals surface area contributed by atoms with Crippen LogP contribution in [0.5, 0.6) is 0 Å². The zero-order valence-electron chi connectivity index (χ0n) is 19.9. The lowest BCUT2D eigenvalue weighted by molar-refractivity contribution is -0.141. The molecule has 2 amide bonds. The Morgan fingerprint density at radius 2 is 1.89 bits per heavy atom. The molecule has 38 heavy (non-hydrogen) atoms. The molecule has 0 aliphatic carbocycles. The summed E-state index contributed by atoms with van der Waals surface area (Å²) in [6.07, 6.45) is 1.25. The zero-order chi connectivity index (χ0) is 27.2. The summed E-state index contributed by atoms with van der Waals surface area (Å²) in [4.78, 5) is 33.0. The van der Waals surface area contributed by atoms with Crippen LogP contribution in [-0.2, 0) is 22.3 Å². The fourth-order valence-corrected chi connectivity index (χ4v) is 4.22. The summed E-state index contributed by atoms with van der Waals surface area (Å²) in [5.74, 6) is -2.13. The highest BCUT2D eigenvalue weighted by Crippen LogP contribution is 2.37. The molecule has 10 nitrogen and oxygen atoms in total. The monoisotopic (exact) mass is 528 g/mol. The van der Waals surface area contributed by atoms with Crippen LogP contribution in [0, 0.1) is 0 Å². The van der Waals surface area contributed by atoms with Crippen LogP contribution < -0.4 is 5.32 Å². The van der Waals surface area contributed by atoms with Crippen molar-refractivity contribution in [1.29, 1.82) is 0 Å². The maximum absolute atomic E-state index is 13.4. The number of nitrogens with one attached hydrogen (secondary N) is 1. The molecule has 1 N–H and O–H groups in total. The number of likely N-dealkylation sites (tertiary alicyclic amines) is 1. The highest BCUT2D eigenvalue weighted by Gasteiger charge is 2.36. The maximum Gasteiger partial charge on any atom is 0.433 e. The maximum atomic E-state index is 13.4. The van der Waals surface area contributed by atoms with Crippen LogP contribution in [0.15, 0.2) is 55.4 Å². The van der Waals surface area contributed by atoms with E-state index in [1.807, 2.05) is 0 Å². The number of halogens is 4. The van der Waals surface area contributed by atoms with Crippen LogP contribution in [0.1, 0.15) is 11.7 Å². The molecule has 0 saturated carbocycles. The lowest BCUT2D eigenvalue weighted by atomic mass is 10.1. The van der Waals surface area contributed by atoms with Crippen molar-refractivity contribution in [3.63, 3.8) is 0 Å². The van der Waals surface area contributed by atoms with Gasteiger partial charge in [-0.3, -0.25) is 28.9 Å². The number of aromatic nitrogens is 6. The molecule has 5 rings (SSSR count). The molecular weight excluding hydrogens is 508 g/mol. The number of fused-ring (bicyclic) bond motifs is 1. The van der Waals surface area contributed by atoms with Crippen LogP contribution in [0.3, 0.4) is 0 Å². The summed E-state index contributed by atoms with van der Waals surface area (Å²) >= 11 is 0. The van der Waals surface area contributed by atoms with E-state index in [2.05, 4.69) is 32.1 Å². The number of rotatable bonds is 6. The van der Waals surface area contributed by atoms with Crippen molar-refractivity contribution in [2.24, 2.45) is 0 Å². The number of hydrogen-bond donors (Lipinski definition) is 1. The second-order valence-electron chi connectivity index (χ2n) is 8.65. The van der Waals surface area contributed by atoms with Gasteiger partial charge in [-0.2, -0.15) is 23.4 Å². The SMILES string of the molecule is C=C(F)C(=O)N1CC(n2nc(-c3ccc(C(F)(F)F)nc3)c3nccc(-c4cnn(CC(=O)NC)c4)c32)C1. The van der Waals surface area contributed by atoms with Crippen molar-refractivity contribution >= 4 is 22.8 Å². The predicted octanol–water partition coefficient (Wildman–Crippen LogP) is 2.99. The number of likely N-dealkylation sites (N-methyl/N-ethyl adjacent to an activating group) is 1. The highest BCUT2D eigenvalue weighted by molar-refractivity contribution is 5.99. The molecule has 1 aliphatic heterocycles. The molecule has 0 bridgehead atoms. The van der Waals surface area contributed by atoms with Crippen molar-refractivity contribution in [3.8, 4) is 22.4 Å². The lowest BCUT2D eigenvalue weighted by Crippen LogP contribution is -2.51. The number of amides is 2. The minimum absolute atomic E-state index is 0.000718. The van der Waals surface area contributed by atoms with E-state index in [9.17, 15) is 27.2 Å². The molecule has 0 spiro atoms. The largest absolute Gasteiger partial charge is 0.433 e. The Labute approximate surface area is 212 Å².